The Hall–Kier alpha value is -1.10. The molecule has 2 atom stereocenters. The first-order valence-electron chi connectivity index (χ1n) is 7.25. The Labute approximate surface area is 116 Å². The van der Waals surface area contributed by atoms with Crippen LogP contribution in [-0.2, 0) is 9.59 Å². The third kappa shape index (κ3) is 6.57. The number of nitrogens with zero attached hydrogens (tertiary/aromatic N) is 1. The van der Waals surface area contributed by atoms with Crippen molar-refractivity contribution in [3.05, 3.63) is 0 Å². The van der Waals surface area contributed by atoms with Crippen LogP contribution in [0.1, 0.15) is 53.4 Å². The fourth-order valence-electron chi connectivity index (χ4n) is 1.85. The number of hydrogen-bond donors (Lipinski definition) is 2. The number of unbranched alkanes of at least 4 members (excludes halogenated alkanes) is 1. The van der Waals surface area contributed by atoms with Crippen molar-refractivity contribution in [2.24, 2.45) is 5.92 Å². The van der Waals surface area contributed by atoms with E-state index in [2.05, 4.69) is 12.2 Å². The van der Waals surface area contributed by atoms with Gasteiger partial charge in [0.05, 0.1) is 0 Å². The van der Waals surface area contributed by atoms with E-state index in [0.717, 1.165) is 25.7 Å². The number of hydrogen-bond acceptors (Lipinski definition) is 3. The van der Waals surface area contributed by atoms with Crippen LogP contribution in [0.2, 0.25) is 0 Å². The molecule has 5 heteroatoms. The predicted molar refractivity (Wildman–Crippen MR) is 75.4 cm³/mol. The molecule has 0 fully saturated rings. The van der Waals surface area contributed by atoms with Crippen LogP contribution in [-0.4, -0.2) is 41.1 Å². The van der Waals surface area contributed by atoms with Crippen molar-refractivity contribution in [2.45, 2.75) is 59.6 Å². The molecule has 0 unspecified atom stereocenters. The molecule has 0 saturated heterocycles. The van der Waals surface area contributed by atoms with Crippen molar-refractivity contribution in [3.63, 3.8) is 0 Å². The van der Waals surface area contributed by atoms with E-state index in [9.17, 15) is 14.7 Å². The summed E-state index contributed by atoms with van der Waals surface area (Å²) in [5.41, 5.74) is 0. The van der Waals surface area contributed by atoms with Gasteiger partial charge in [-0.05, 0) is 19.8 Å². The van der Waals surface area contributed by atoms with Gasteiger partial charge in [0.2, 0.25) is 12.1 Å². The van der Waals surface area contributed by atoms with Crippen molar-refractivity contribution < 1.29 is 14.7 Å². The number of aliphatic hydroxyl groups is 1. The zero-order valence-corrected chi connectivity index (χ0v) is 12.6. The van der Waals surface area contributed by atoms with E-state index in [1.807, 2.05) is 20.8 Å². The minimum absolute atomic E-state index is 0.177. The summed E-state index contributed by atoms with van der Waals surface area (Å²) < 4.78 is 0. The van der Waals surface area contributed by atoms with E-state index in [1.54, 1.807) is 4.90 Å². The van der Waals surface area contributed by atoms with Gasteiger partial charge in [-0.2, -0.15) is 0 Å². The molecule has 0 aliphatic rings. The van der Waals surface area contributed by atoms with E-state index in [0.29, 0.717) is 13.1 Å². The highest BCUT2D eigenvalue weighted by molar-refractivity contribution is 5.87. The lowest BCUT2D eigenvalue weighted by Crippen LogP contribution is -2.49. The van der Waals surface area contributed by atoms with Crippen molar-refractivity contribution in [1.82, 2.24) is 10.2 Å². The number of aliphatic hydroxyl groups excluding tert-OH is 1. The molecule has 0 aromatic carbocycles. The van der Waals surface area contributed by atoms with E-state index in [1.165, 1.54) is 0 Å². The Kier molecular flexibility index (Phi) is 9.21. The smallest absolute Gasteiger partial charge is 0.272 e. The van der Waals surface area contributed by atoms with Gasteiger partial charge in [-0.25, -0.2) is 0 Å². The molecule has 0 aliphatic carbocycles. The summed E-state index contributed by atoms with van der Waals surface area (Å²) >= 11 is 0. The molecule has 5 nitrogen and oxygen atoms in total. The molecule has 0 radical (unpaired) electrons. The predicted octanol–water partition coefficient (Wildman–Crippen LogP) is 1.51. The van der Waals surface area contributed by atoms with E-state index in [-0.39, 0.29) is 11.8 Å². The van der Waals surface area contributed by atoms with Crippen molar-refractivity contribution in [2.75, 3.05) is 13.1 Å². The summed E-state index contributed by atoms with van der Waals surface area (Å²) in [7, 11) is 0. The molecule has 19 heavy (non-hydrogen) atoms. The maximum absolute atomic E-state index is 11.9. The van der Waals surface area contributed by atoms with Crippen molar-refractivity contribution in [1.29, 1.82) is 0 Å². The van der Waals surface area contributed by atoms with E-state index in [4.69, 9.17) is 0 Å². The third-order valence-electron chi connectivity index (χ3n) is 3.14. The molecule has 2 amide bonds. The number of rotatable bonds is 9. The van der Waals surface area contributed by atoms with Crippen LogP contribution in [0.3, 0.4) is 0 Å². The zero-order chi connectivity index (χ0) is 14.8. The number of carbonyl (C=O) groups is 2. The molecule has 0 saturated carbocycles. The van der Waals surface area contributed by atoms with Gasteiger partial charge in [0.1, 0.15) is 0 Å². The maximum atomic E-state index is 11.9. The minimum atomic E-state index is -1.43. The lowest BCUT2D eigenvalue weighted by atomic mass is 10.0. The first kappa shape index (κ1) is 17.9. The van der Waals surface area contributed by atoms with Crippen LogP contribution >= 0.6 is 0 Å². The van der Waals surface area contributed by atoms with Crippen LogP contribution in [0, 0.1) is 5.92 Å². The van der Waals surface area contributed by atoms with Gasteiger partial charge >= 0.3 is 0 Å². The fourth-order valence-corrected chi connectivity index (χ4v) is 1.85. The lowest BCUT2D eigenvalue weighted by Gasteiger charge is -2.24. The second kappa shape index (κ2) is 9.78. The average Bonchev–Trinajstić information content (AvgIpc) is 2.40. The standard InChI is InChI=1S/C14H28N2O3/c1-5-8-9-11(4)12(17)15-13(18)14(19)16(7-3)10-6-2/h11,13,18H,5-10H2,1-4H3,(H,15,17)/t11-,13-/m0/s1. The Balaban J connectivity index is 4.30. The molecule has 0 aliphatic heterocycles. The number of nitrogens with one attached hydrogen (secondary N) is 1. The first-order chi connectivity index (χ1) is 8.97. The highest BCUT2D eigenvalue weighted by atomic mass is 16.3. The number of likely N-dealkylation sites (N-methyl/N-ethyl adjacent to an activating group) is 1. The Morgan fingerprint density at radius 1 is 1.21 bits per heavy atom. The van der Waals surface area contributed by atoms with Crippen LogP contribution < -0.4 is 5.32 Å². The first-order valence-corrected chi connectivity index (χ1v) is 7.25. The van der Waals surface area contributed by atoms with Gasteiger partial charge in [-0.3, -0.25) is 9.59 Å². The fraction of sp³-hybridized carbons (Fsp3) is 0.857. The summed E-state index contributed by atoms with van der Waals surface area (Å²) in [5.74, 6) is -0.870. The lowest BCUT2D eigenvalue weighted by molar-refractivity contribution is -0.146. The molecule has 2 N–H and O–H groups in total. The molecule has 0 aromatic rings. The topological polar surface area (TPSA) is 69.6 Å². The molecule has 0 heterocycles. The molecule has 0 rings (SSSR count). The summed E-state index contributed by atoms with van der Waals surface area (Å²) in [5, 5.41) is 12.2. The zero-order valence-electron chi connectivity index (χ0n) is 12.6. The maximum Gasteiger partial charge on any atom is 0.272 e. The number of carbonyl (C=O) groups excluding carboxylic acids is 2. The van der Waals surface area contributed by atoms with Gasteiger partial charge in [0, 0.05) is 19.0 Å². The summed E-state index contributed by atoms with van der Waals surface area (Å²) in [6.07, 6.45) is 2.17. The Morgan fingerprint density at radius 2 is 1.84 bits per heavy atom. The van der Waals surface area contributed by atoms with E-state index < -0.39 is 12.1 Å². The minimum Gasteiger partial charge on any atom is -0.365 e. The van der Waals surface area contributed by atoms with E-state index >= 15 is 0 Å². The largest absolute Gasteiger partial charge is 0.365 e. The van der Waals surface area contributed by atoms with Gasteiger partial charge in [0.25, 0.3) is 5.91 Å². The van der Waals surface area contributed by atoms with Crippen molar-refractivity contribution >= 4 is 11.8 Å². The molecular weight excluding hydrogens is 244 g/mol. The Bertz CT molecular complexity index is 282. The van der Waals surface area contributed by atoms with Gasteiger partial charge in [0.15, 0.2) is 0 Å². The number of amides is 2. The van der Waals surface area contributed by atoms with Crippen LogP contribution in [0.5, 0.6) is 0 Å². The Morgan fingerprint density at radius 3 is 2.32 bits per heavy atom. The van der Waals surface area contributed by atoms with Gasteiger partial charge in [-0.1, -0.05) is 33.6 Å². The average molecular weight is 272 g/mol. The molecule has 112 valence electrons. The highest BCUT2D eigenvalue weighted by Gasteiger charge is 2.24. The second-order valence-corrected chi connectivity index (χ2v) is 4.87. The second-order valence-electron chi connectivity index (χ2n) is 4.87. The molecule has 0 spiro atoms. The monoisotopic (exact) mass is 272 g/mol. The van der Waals surface area contributed by atoms with Crippen LogP contribution in [0.4, 0.5) is 0 Å². The molecule has 0 aromatic heterocycles. The molecular formula is C14H28N2O3. The van der Waals surface area contributed by atoms with Crippen molar-refractivity contribution in [3.8, 4) is 0 Å². The SMILES string of the molecule is CCCC[C@H](C)C(=O)N[C@@H](O)C(=O)N(CC)CCC. The summed E-state index contributed by atoms with van der Waals surface area (Å²) in [4.78, 5) is 25.2. The quantitative estimate of drug-likeness (QED) is 0.625. The van der Waals surface area contributed by atoms with Crippen LogP contribution in [0.15, 0.2) is 0 Å². The summed E-state index contributed by atoms with van der Waals surface area (Å²) in [6, 6.07) is 0. The normalized spacial score (nSPS) is 13.7. The van der Waals surface area contributed by atoms with Gasteiger partial charge < -0.3 is 15.3 Å². The third-order valence-corrected chi connectivity index (χ3v) is 3.14. The summed E-state index contributed by atoms with van der Waals surface area (Å²) in [6.45, 7) is 8.82. The van der Waals surface area contributed by atoms with Crippen LogP contribution in [0.25, 0.3) is 0 Å². The molecule has 0 bridgehead atoms. The highest BCUT2D eigenvalue weighted by Crippen LogP contribution is 2.08. The van der Waals surface area contributed by atoms with Gasteiger partial charge in [-0.15, -0.1) is 0 Å².